The van der Waals surface area contributed by atoms with Crippen molar-refractivity contribution in [1.29, 1.82) is 0 Å². The molecule has 15 heavy (non-hydrogen) atoms. The van der Waals surface area contributed by atoms with Crippen molar-refractivity contribution in [2.75, 3.05) is 7.11 Å². The molecule has 1 aliphatic rings. The highest BCUT2D eigenvalue weighted by molar-refractivity contribution is 5.99. The molecule has 0 saturated heterocycles. The van der Waals surface area contributed by atoms with Crippen molar-refractivity contribution in [3.05, 3.63) is 35.4 Å². The quantitative estimate of drug-likeness (QED) is 0.740. The molecule has 0 fully saturated rings. The van der Waals surface area contributed by atoms with Crippen LogP contribution >= 0.6 is 0 Å². The van der Waals surface area contributed by atoms with E-state index in [2.05, 4.69) is 0 Å². The Morgan fingerprint density at radius 3 is 2.60 bits per heavy atom. The first-order valence-corrected chi connectivity index (χ1v) is 5.11. The lowest BCUT2D eigenvalue weighted by molar-refractivity contribution is -0.0253. The fourth-order valence-corrected chi connectivity index (χ4v) is 2.05. The molecule has 0 radical (unpaired) electrons. The number of fused-ring (bicyclic) bond motifs is 1. The lowest BCUT2D eigenvalue weighted by Crippen LogP contribution is -2.35. The molecular weight excluding hydrogens is 190 g/mol. The van der Waals surface area contributed by atoms with Crippen LogP contribution in [-0.4, -0.2) is 24.0 Å². The number of hydrogen-bond acceptors (Lipinski definition) is 2. The van der Waals surface area contributed by atoms with E-state index in [1.165, 1.54) is 0 Å². The van der Waals surface area contributed by atoms with Gasteiger partial charge in [0.15, 0.2) is 6.23 Å². The van der Waals surface area contributed by atoms with E-state index in [1.54, 1.807) is 12.0 Å². The highest BCUT2D eigenvalue weighted by Crippen LogP contribution is 2.35. The lowest BCUT2D eigenvalue weighted by atomic mass is 10.1. The predicted octanol–water partition coefficient (Wildman–Crippen LogP) is 2.20. The highest BCUT2D eigenvalue weighted by atomic mass is 16.5. The van der Waals surface area contributed by atoms with Crippen LogP contribution in [-0.2, 0) is 4.74 Å². The van der Waals surface area contributed by atoms with E-state index in [9.17, 15) is 4.79 Å². The number of rotatable bonds is 2. The van der Waals surface area contributed by atoms with Gasteiger partial charge in [0, 0.05) is 24.3 Å². The zero-order valence-electron chi connectivity index (χ0n) is 9.23. The summed E-state index contributed by atoms with van der Waals surface area (Å²) < 4.78 is 5.39. The van der Waals surface area contributed by atoms with E-state index in [-0.39, 0.29) is 18.2 Å². The predicted molar refractivity (Wildman–Crippen MR) is 57.5 cm³/mol. The highest BCUT2D eigenvalue weighted by Gasteiger charge is 2.37. The SMILES string of the molecule is COC1c2ccccc2C(=O)N1C(C)C. The Bertz CT molecular complexity index is 387. The van der Waals surface area contributed by atoms with Crippen LogP contribution in [0.25, 0.3) is 0 Å². The third-order valence-corrected chi connectivity index (χ3v) is 2.72. The molecule has 0 aromatic heterocycles. The molecule has 3 nitrogen and oxygen atoms in total. The van der Waals surface area contributed by atoms with E-state index in [0.717, 1.165) is 11.1 Å². The van der Waals surface area contributed by atoms with Crippen LogP contribution in [0.4, 0.5) is 0 Å². The molecule has 1 amide bonds. The van der Waals surface area contributed by atoms with E-state index >= 15 is 0 Å². The summed E-state index contributed by atoms with van der Waals surface area (Å²) in [5, 5.41) is 0. The average Bonchev–Trinajstić information content (AvgIpc) is 2.52. The average molecular weight is 205 g/mol. The first-order valence-electron chi connectivity index (χ1n) is 5.11. The number of nitrogens with zero attached hydrogens (tertiary/aromatic N) is 1. The van der Waals surface area contributed by atoms with Gasteiger partial charge in [-0.15, -0.1) is 0 Å². The van der Waals surface area contributed by atoms with Crippen molar-refractivity contribution in [3.8, 4) is 0 Å². The summed E-state index contributed by atoms with van der Waals surface area (Å²) in [7, 11) is 1.63. The van der Waals surface area contributed by atoms with E-state index in [1.807, 2.05) is 38.1 Å². The molecular formula is C12H15NO2. The summed E-state index contributed by atoms with van der Waals surface area (Å²) in [6.45, 7) is 3.99. The summed E-state index contributed by atoms with van der Waals surface area (Å²) in [6.07, 6.45) is -0.228. The molecule has 2 rings (SSSR count). The molecule has 80 valence electrons. The first-order chi connectivity index (χ1) is 7.16. The normalized spacial score (nSPS) is 19.9. The van der Waals surface area contributed by atoms with Gasteiger partial charge in [-0.25, -0.2) is 0 Å². The van der Waals surface area contributed by atoms with Crippen LogP contribution in [0.2, 0.25) is 0 Å². The number of carbonyl (C=O) groups excluding carboxylic acids is 1. The van der Waals surface area contributed by atoms with Gasteiger partial charge in [-0.05, 0) is 19.9 Å². The van der Waals surface area contributed by atoms with Gasteiger partial charge in [-0.1, -0.05) is 18.2 Å². The second-order valence-corrected chi connectivity index (χ2v) is 3.98. The third-order valence-electron chi connectivity index (χ3n) is 2.72. The maximum Gasteiger partial charge on any atom is 0.256 e. The van der Waals surface area contributed by atoms with Gasteiger partial charge in [0.1, 0.15) is 0 Å². The molecule has 0 saturated carbocycles. The Hall–Kier alpha value is -1.35. The summed E-state index contributed by atoms with van der Waals surface area (Å²) in [5.41, 5.74) is 1.73. The van der Waals surface area contributed by atoms with Crippen molar-refractivity contribution in [3.63, 3.8) is 0 Å². The van der Waals surface area contributed by atoms with Gasteiger partial charge in [-0.3, -0.25) is 4.79 Å². The Labute approximate surface area is 89.7 Å². The van der Waals surface area contributed by atoms with Crippen LogP contribution in [0.15, 0.2) is 24.3 Å². The van der Waals surface area contributed by atoms with Crippen LogP contribution in [0.1, 0.15) is 36.0 Å². The van der Waals surface area contributed by atoms with Gasteiger partial charge in [-0.2, -0.15) is 0 Å². The fourth-order valence-electron chi connectivity index (χ4n) is 2.05. The van der Waals surface area contributed by atoms with Crippen molar-refractivity contribution in [2.45, 2.75) is 26.1 Å². The zero-order chi connectivity index (χ0) is 11.0. The number of benzene rings is 1. The standard InChI is InChI=1S/C12H15NO2/c1-8(2)13-11(14)9-6-4-5-7-10(9)12(13)15-3/h4-8,12H,1-3H3. The van der Waals surface area contributed by atoms with Gasteiger partial charge >= 0.3 is 0 Å². The zero-order valence-corrected chi connectivity index (χ0v) is 9.23. The lowest BCUT2D eigenvalue weighted by Gasteiger charge is -2.27. The third kappa shape index (κ3) is 1.43. The van der Waals surface area contributed by atoms with Crippen LogP contribution in [0, 0.1) is 0 Å². The van der Waals surface area contributed by atoms with E-state index in [4.69, 9.17) is 4.74 Å². The van der Waals surface area contributed by atoms with Gasteiger partial charge < -0.3 is 9.64 Å². The Morgan fingerprint density at radius 2 is 2.00 bits per heavy atom. The smallest absolute Gasteiger partial charge is 0.256 e. The number of methoxy groups -OCH3 is 1. The second kappa shape index (κ2) is 3.66. The Balaban J connectivity index is 2.48. The van der Waals surface area contributed by atoms with Crippen LogP contribution in [0.3, 0.4) is 0 Å². The van der Waals surface area contributed by atoms with E-state index < -0.39 is 0 Å². The minimum atomic E-state index is -0.228. The number of amides is 1. The summed E-state index contributed by atoms with van der Waals surface area (Å²) in [5.74, 6) is 0.0625. The number of carbonyl (C=O) groups is 1. The van der Waals surface area contributed by atoms with Crippen molar-refractivity contribution < 1.29 is 9.53 Å². The molecule has 0 spiro atoms. The molecule has 0 N–H and O–H groups in total. The van der Waals surface area contributed by atoms with Gasteiger partial charge in [0.25, 0.3) is 5.91 Å². The molecule has 1 atom stereocenters. The summed E-state index contributed by atoms with van der Waals surface area (Å²) in [6, 6.07) is 7.76. The summed E-state index contributed by atoms with van der Waals surface area (Å²) in [4.78, 5) is 13.8. The number of hydrogen-bond donors (Lipinski definition) is 0. The molecule has 0 bridgehead atoms. The molecule has 3 heteroatoms. The number of ether oxygens (including phenoxy) is 1. The summed E-state index contributed by atoms with van der Waals surface area (Å²) >= 11 is 0. The van der Waals surface area contributed by atoms with E-state index in [0.29, 0.717) is 0 Å². The second-order valence-electron chi connectivity index (χ2n) is 3.98. The monoisotopic (exact) mass is 205 g/mol. The minimum Gasteiger partial charge on any atom is -0.357 e. The Kier molecular flexibility index (Phi) is 2.49. The molecule has 1 aliphatic heterocycles. The topological polar surface area (TPSA) is 29.5 Å². The maximum atomic E-state index is 12.1. The molecule has 1 aromatic carbocycles. The maximum absolute atomic E-state index is 12.1. The molecule has 1 heterocycles. The van der Waals surface area contributed by atoms with Crippen LogP contribution in [0.5, 0.6) is 0 Å². The van der Waals surface area contributed by atoms with Crippen molar-refractivity contribution in [2.24, 2.45) is 0 Å². The molecule has 1 aromatic rings. The van der Waals surface area contributed by atoms with Crippen molar-refractivity contribution >= 4 is 5.91 Å². The minimum absolute atomic E-state index is 0.0625. The van der Waals surface area contributed by atoms with Crippen LogP contribution < -0.4 is 0 Å². The van der Waals surface area contributed by atoms with Crippen molar-refractivity contribution in [1.82, 2.24) is 4.90 Å². The van der Waals surface area contributed by atoms with Gasteiger partial charge in [0.05, 0.1) is 0 Å². The Morgan fingerprint density at radius 1 is 1.33 bits per heavy atom. The molecule has 0 aliphatic carbocycles. The molecule has 1 unspecified atom stereocenters. The fraction of sp³-hybridized carbons (Fsp3) is 0.417. The first kappa shape index (κ1) is 10.2. The van der Waals surface area contributed by atoms with Gasteiger partial charge in [0.2, 0.25) is 0 Å². The largest absolute Gasteiger partial charge is 0.357 e.